The highest BCUT2D eigenvalue weighted by molar-refractivity contribution is 5.80. The van der Waals surface area contributed by atoms with Gasteiger partial charge < -0.3 is 4.74 Å². The molecule has 0 aliphatic carbocycles. The Morgan fingerprint density at radius 3 is 2.70 bits per heavy atom. The molecular formula is C8H14O2. The third-order valence-electron chi connectivity index (χ3n) is 1.76. The van der Waals surface area contributed by atoms with Crippen LogP contribution in [0.3, 0.4) is 0 Å². The molecule has 58 valence electrons. The molecule has 2 heteroatoms. The van der Waals surface area contributed by atoms with E-state index in [0.717, 1.165) is 13.0 Å². The van der Waals surface area contributed by atoms with E-state index in [0.29, 0.717) is 18.3 Å². The maximum Gasteiger partial charge on any atom is 0.135 e. The lowest BCUT2D eigenvalue weighted by Crippen LogP contribution is -2.07. The summed E-state index contributed by atoms with van der Waals surface area (Å²) in [5.74, 6) is 0.550. The van der Waals surface area contributed by atoms with Gasteiger partial charge in [-0.15, -0.1) is 0 Å². The van der Waals surface area contributed by atoms with Gasteiger partial charge in [-0.1, -0.05) is 13.8 Å². The minimum Gasteiger partial charge on any atom is -0.373 e. The number of ether oxygens (including phenoxy) is 1. The van der Waals surface area contributed by atoms with Gasteiger partial charge in [0.1, 0.15) is 5.78 Å². The second-order valence-corrected chi connectivity index (χ2v) is 3.12. The van der Waals surface area contributed by atoms with Crippen molar-refractivity contribution in [3.8, 4) is 0 Å². The number of carbonyl (C=O) groups excluding carboxylic acids is 1. The Labute approximate surface area is 61.6 Å². The summed E-state index contributed by atoms with van der Waals surface area (Å²) in [6, 6.07) is 0. The first kappa shape index (κ1) is 7.73. The molecule has 0 N–H and O–H groups in total. The highest BCUT2D eigenvalue weighted by atomic mass is 16.6. The van der Waals surface area contributed by atoms with Crippen LogP contribution in [0.15, 0.2) is 0 Å². The molecule has 0 aromatic carbocycles. The van der Waals surface area contributed by atoms with Crippen LogP contribution in [-0.2, 0) is 9.53 Å². The van der Waals surface area contributed by atoms with Gasteiger partial charge in [-0.3, -0.25) is 4.79 Å². The van der Waals surface area contributed by atoms with Gasteiger partial charge in [-0.05, 0) is 6.42 Å². The Bertz CT molecular complexity index is 125. The number of Topliss-reactive ketones (excluding diaryl/α,β-unsaturated/α-hetero) is 1. The molecule has 1 saturated heterocycles. The Morgan fingerprint density at radius 1 is 1.70 bits per heavy atom. The number of hydrogen-bond donors (Lipinski definition) is 0. The molecule has 0 aromatic heterocycles. The molecule has 1 aliphatic rings. The summed E-state index contributed by atoms with van der Waals surface area (Å²) in [7, 11) is 0. The van der Waals surface area contributed by atoms with Crippen molar-refractivity contribution in [1.29, 1.82) is 0 Å². The molecule has 0 bridgehead atoms. The first-order valence-electron chi connectivity index (χ1n) is 3.84. The zero-order chi connectivity index (χ0) is 7.56. The van der Waals surface area contributed by atoms with Crippen LogP contribution in [0.25, 0.3) is 0 Å². The summed E-state index contributed by atoms with van der Waals surface area (Å²) in [6.45, 7) is 4.75. The SMILES string of the molecule is CC(C)C(=O)CCC1CO1. The first-order chi connectivity index (χ1) is 4.70. The Kier molecular flexibility index (Phi) is 2.44. The van der Waals surface area contributed by atoms with E-state index in [1.165, 1.54) is 0 Å². The molecule has 1 unspecified atom stereocenters. The fourth-order valence-electron chi connectivity index (χ4n) is 0.827. The van der Waals surface area contributed by atoms with Crippen molar-refractivity contribution in [3.63, 3.8) is 0 Å². The Hall–Kier alpha value is -0.370. The number of rotatable bonds is 4. The van der Waals surface area contributed by atoms with Crippen molar-refractivity contribution < 1.29 is 9.53 Å². The number of epoxide rings is 1. The van der Waals surface area contributed by atoms with Crippen molar-refractivity contribution in [1.82, 2.24) is 0 Å². The molecule has 1 fully saturated rings. The standard InChI is InChI=1S/C8H14O2/c1-6(2)8(9)4-3-7-5-10-7/h6-7H,3-5H2,1-2H3. The van der Waals surface area contributed by atoms with Crippen molar-refractivity contribution >= 4 is 5.78 Å². The topological polar surface area (TPSA) is 29.6 Å². The normalized spacial score (nSPS) is 23.3. The smallest absolute Gasteiger partial charge is 0.135 e. The maximum absolute atomic E-state index is 11.0. The molecule has 1 atom stereocenters. The van der Waals surface area contributed by atoms with Gasteiger partial charge in [-0.2, -0.15) is 0 Å². The Morgan fingerprint density at radius 2 is 2.30 bits per heavy atom. The summed E-state index contributed by atoms with van der Waals surface area (Å²) in [5, 5.41) is 0. The summed E-state index contributed by atoms with van der Waals surface area (Å²) in [6.07, 6.45) is 2.03. The lowest BCUT2D eigenvalue weighted by molar-refractivity contribution is -0.122. The van der Waals surface area contributed by atoms with Crippen LogP contribution < -0.4 is 0 Å². The van der Waals surface area contributed by atoms with Crippen LogP contribution in [0, 0.1) is 5.92 Å². The van der Waals surface area contributed by atoms with Gasteiger partial charge in [0, 0.05) is 12.3 Å². The summed E-state index contributed by atoms with van der Waals surface area (Å²) in [5.41, 5.74) is 0. The average molecular weight is 142 g/mol. The predicted octanol–water partition coefficient (Wildman–Crippen LogP) is 1.39. The third kappa shape index (κ3) is 2.48. The summed E-state index contributed by atoms with van der Waals surface area (Å²) >= 11 is 0. The van der Waals surface area contributed by atoms with E-state index in [1.54, 1.807) is 0 Å². The van der Waals surface area contributed by atoms with E-state index in [4.69, 9.17) is 4.74 Å². The minimum absolute atomic E-state index is 0.193. The molecule has 2 nitrogen and oxygen atoms in total. The monoisotopic (exact) mass is 142 g/mol. The van der Waals surface area contributed by atoms with Gasteiger partial charge >= 0.3 is 0 Å². The molecule has 0 spiro atoms. The van der Waals surface area contributed by atoms with Gasteiger partial charge in [0.25, 0.3) is 0 Å². The Balaban J connectivity index is 2.05. The first-order valence-corrected chi connectivity index (χ1v) is 3.84. The summed E-state index contributed by atoms with van der Waals surface area (Å²) < 4.78 is 4.99. The zero-order valence-electron chi connectivity index (χ0n) is 6.59. The number of carbonyl (C=O) groups is 1. The lowest BCUT2D eigenvalue weighted by atomic mass is 10.0. The molecule has 0 amide bonds. The third-order valence-corrected chi connectivity index (χ3v) is 1.76. The van der Waals surface area contributed by atoms with E-state index >= 15 is 0 Å². The van der Waals surface area contributed by atoms with Crippen LogP contribution in [-0.4, -0.2) is 18.5 Å². The van der Waals surface area contributed by atoms with Crippen LogP contribution >= 0.6 is 0 Å². The van der Waals surface area contributed by atoms with Crippen LogP contribution in [0.5, 0.6) is 0 Å². The maximum atomic E-state index is 11.0. The van der Waals surface area contributed by atoms with Crippen LogP contribution in [0.1, 0.15) is 26.7 Å². The zero-order valence-corrected chi connectivity index (χ0v) is 6.59. The number of ketones is 1. The summed E-state index contributed by atoms with van der Waals surface area (Å²) in [4.78, 5) is 11.0. The van der Waals surface area contributed by atoms with E-state index in [1.807, 2.05) is 13.8 Å². The van der Waals surface area contributed by atoms with Crippen molar-refractivity contribution in [3.05, 3.63) is 0 Å². The molecule has 0 aromatic rings. The minimum atomic E-state index is 0.193. The fraction of sp³-hybridized carbons (Fsp3) is 0.875. The van der Waals surface area contributed by atoms with E-state index in [9.17, 15) is 4.79 Å². The molecular weight excluding hydrogens is 128 g/mol. The predicted molar refractivity (Wildman–Crippen MR) is 38.8 cm³/mol. The van der Waals surface area contributed by atoms with Gasteiger partial charge in [0.05, 0.1) is 12.7 Å². The van der Waals surface area contributed by atoms with E-state index in [-0.39, 0.29) is 5.92 Å². The van der Waals surface area contributed by atoms with Gasteiger partial charge in [0.2, 0.25) is 0 Å². The molecule has 10 heavy (non-hydrogen) atoms. The largest absolute Gasteiger partial charge is 0.373 e. The van der Waals surface area contributed by atoms with E-state index in [2.05, 4.69) is 0 Å². The quantitative estimate of drug-likeness (QED) is 0.555. The highest BCUT2D eigenvalue weighted by Gasteiger charge is 2.23. The molecule has 0 saturated carbocycles. The molecule has 1 aliphatic heterocycles. The average Bonchev–Trinajstić information content (AvgIpc) is 2.64. The fourth-order valence-corrected chi connectivity index (χ4v) is 0.827. The van der Waals surface area contributed by atoms with Gasteiger partial charge in [-0.25, -0.2) is 0 Å². The highest BCUT2D eigenvalue weighted by Crippen LogP contribution is 2.16. The van der Waals surface area contributed by atoms with Crippen molar-refractivity contribution in [2.75, 3.05) is 6.61 Å². The van der Waals surface area contributed by atoms with Crippen LogP contribution in [0.4, 0.5) is 0 Å². The van der Waals surface area contributed by atoms with Crippen molar-refractivity contribution in [2.45, 2.75) is 32.8 Å². The molecule has 0 radical (unpaired) electrons. The number of hydrogen-bond acceptors (Lipinski definition) is 2. The lowest BCUT2D eigenvalue weighted by Gasteiger charge is -2.00. The van der Waals surface area contributed by atoms with Crippen molar-refractivity contribution in [2.24, 2.45) is 5.92 Å². The van der Waals surface area contributed by atoms with Crippen LogP contribution in [0.2, 0.25) is 0 Å². The van der Waals surface area contributed by atoms with Gasteiger partial charge in [0.15, 0.2) is 0 Å². The molecule has 1 rings (SSSR count). The molecule has 1 heterocycles. The second-order valence-electron chi connectivity index (χ2n) is 3.12. The van der Waals surface area contributed by atoms with E-state index < -0.39 is 0 Å². The second kappa shape index (κ2) is 3.15.